The molecule has 3 atom stereocenters. The standard InChI is InChI=1S/C13H25N3O/c1-10-7-14-9-12(10)13(17)15-8-11(2)16-5-3-4-6-16/h10-12,14H,3-9H2,1-2H3,(H,15,17)/t10-,11?,12-/m1/s1. The Morgan fingerprint density at radius 3 is 2.71 bits per heavy atom. The van der Waals surface area contributed by atoms with Crippen LogP contribution in [-0.4, -0.2) is 49.6 Å². The third-order valence-electron chi connectivity index (χ3n) is 4.19. The summed E-state index contributed by atoms with van der Waals surface area (Å²) in [5.74, 6) is 0.867. The number of hydrogen-bond acceptors (Lipinski definition) is 3. The van der Waals surface area contributed by atoms with Gasteiger partial charge in [-0.2, -0.15) is 0 Å². The molecule has 2 aliphatic rings. The summed E-state index contributed by atoms with van der Waals surface area (Å²) in [5, 5.41) is 6.39. The molecule has 4 nitrogen and oxygen atoms in total. The quantitative estimate of drug-likeness (QED) is 0.748. The molecule has 1 unspecified atom stereocenters. The summed E-state index contributed by atoms with van der Waals surface area (Å²) in [5.41, 5.74) is 0. The lowest BCUT2D eigenvalue weighted by Gasteiger charge is -2.25. The van der Waals surface area contributed by atoms with E-state index in [9.17, 15) is 4.79 Å². The number of carbonyl (C=O) groups is 1. The largest absolute Gasteiger partial charge is 0.354 e. The van der Waals surface area contributed by atoms with Gasteiger partial charge in [-0.15, -0.1) is 0 Å². The topological polar surface area (TPSA) is 44.4 Å². The summed E-state index contributed by atoms with van der Waals surface area (Å²) in [6, 6.07) is 0.478. The number of likely N-dealkylation sites (tertiary alicyclic amines) is 1. The second-order valence-electron chi connectivity index (χ2n) is 5.58. The van der Waals surface area contributed by atoms with Gasteiger partial charge in [0.25, 0.3) is 0 Å². The van der Waals surface area contributed by atoms with Crippen molar-refractivity contribution in [1.82, 2.24) is 15.5 Å². The number of carbonyl (C=O) groups excluding carboxylic acids is 1. The fourth-order valence-electron chi connectivity index (χ4n) is 2.85. The SMILES string of the molecule is CC(CNC(=O)[C@@H]1CNC[C@H]1C)N1CCCC1. The molecule has 2 N–H and O–H groups in total. The van der Waals surface area contributed by atoms with Gasteiger partial charge in [-0.25, -0.2) is 0 Å². The van der Waals surface area contributed by atoms with Gasteiger partial charge in [-0.3, -0.25) is 9.69 Å². The van der Waals surface area contributed by atoms with Crippen LogP contribution in [-0.2, 0) is 4.79 Å². The fraction of sp³-hybridized carbons (Fsp3) is 0.923. The first kappa shape index (κ1) is 12.8. The van der Waals surface area contributed by atoms with E-state index in [0.717, 1.165) is 19.6 Å². The van der Waals surface area contributed by atoms with Crippen LogP contribution in [0.2, 0.25) is 0 Å². The molecule has 0 aromatic rings. The van der Waals surface area contributed by atoms with Crippen LogP contribution < -0.4 is 10.6 Å². The smallest absolute Gasteiger partial charge is 0.224 e. The molecule has 98 valence electrons. The van der Waals surface area contributed by atoms with Crippen molar-refractivity contribution in [2.75, 3.05) is 32.7 Å². The van der Waals surface area contributed by atoms with Crippen LogP contribution in [0.15, 0.2) is 0 Å². The first-order valence-electron chi connectivity index (χ1n) is 6.91. The van der Waals surface area contributed by atoms with Crippen LogP contribution in [0.3, 0.4) is 0 Å². The van der Waals surface area contributed by atoms with Crippen LogP contribution in [0.25, 0.3) is 0 Å². The van der Waals surface area contributed by atoms with E-state index in [1.54, 1.807) is 0 Å². The Morgan fingerprint density at radius 2 is 2.12 bits per heavy atom. The highest BCUT2D eigenvalue weighted by Crippen LogP contribution is 2.16. The van der Waals surface area contributed by atoms with E-state index in [1.165, 1.54) is 25.9 Å². The van der Waals surface area contributed by atoms with Crippen LogP contribution in [0.1, 0.15) is 26.7 Å². The highest BCUT2D eigenvalue weighted by molar-refractivity contribution is 5.79. The maximum atomic E-state index is 12.0. The van der Waals surface area contributed by atoms with Gasteiger partial charge in [0, 0.05) is 19.1 Å². The molecule has 2 saturated heterocycles. The average Bonchev–Trinajstić information content (AvgIpc) is 2.95. The first-order valence-corrected chi connectivity index (χ1v) is 6.91. The molecular weight excluding hydrogens is 214 g/mol. The monoisotopic (exact) mass is 239 g/mol. The highest BCUT2D eigenvalue weighted by atomic mass is 16.1. The van der Waals surface area contributed by atoms with Gasteiger partial charge >= 0.3 is 0 Å². The van der Waals surface area contributed by atoms with E-state index in [0.29, 0.717) is 12.0 Å². The van der Waals surface area contributed by atoms with Crippen LogP contribution in [0, 0.1) is 11.8 Å². The molecule has 1 amide bonds. The van der Waals surface area contributed by atoms with Crippen LogP contribution in [0.5, 0.6) is 0 Å². The summed E-state index contributed by atoms with van der Waals surface area (Å²) in [6.45, 7) is 9.35. The lowest BCUT2D eigenvalue weighted by molar-refractivity contribution is -0.125. The molecule has 2 aliphatic heterocycles. The zero-order valence-corrected chi connectivity index (χ0v) is 11.0. The number of nitrogens with zero attached hydrogens (tertiary/aromatic N) is 1. The predicted octanol–water partition coefficient (Wildman–Crippen LogP) is 0.442. The van der Waals surface area contributed by atoms with Gasteiger partial charge in [-0.1, -0.05) is 6.92 Å². The molecule has 0 radical (unpaired) electrons. The van der Waals surface area contributed by atoms with E-state index in [-0.39, 0.29) is 11.8 Å². The van der Waals surface area contributed by atoms with Crippen LogP contribution in [0.4, 0.5) is 0 Å². The van der Waals surface area contributed by atoms with Crippen molar-refractivity contribution in [3.8, 4) is 0 Å². The van der Waals surface area contributed by atoms with E-state index < -0.39 is 0 Å². The first-order chi connectivity index (χ1) is 8.18. The van der Waals surface area contributed by atoms with Crippen molar-refractivity contribution < 1.29 is 4.79 Å². The van der Waals surface area contributed by atoms with Gasteiger partial charge < -0.3 is 10.6 Å². The molecular formula is C13H25N3O. The van der Waals surface area contributed by atoms with E-state index >= 15 is 0 Å². The van der Waals surface area contributed by atoms with Crippen molar-refractivity contribution in [1.29, 1.82) is 0 Å². The highest BCUT2D eigenvalue weighted by Gasteiger charge is 2.29. The van der Waals surface area contributed by atoms with Crippen molar-refractivity contribution in [3.63, 3.8) is 0 Å². The van der Waals surface area contributed by atoms with Crippen molar-refractivity contribution >= 4 is 5.91 Å². The second-order valence-corrected chi connectivity index (χ2v) is 5.58. The molecule has 2 heterocycles. The molecule has 2 fully saturated rings. The predicted molar refractivity (Wildman–Crippen MR) is 68.8 cm³/mol. The van der Waals surface area contributed by atoms with Gasteiger partial charge in [0.2, 0.25) is 5.91 Å². The molecule has 4 heteroatoms. The second kappa shape index (κ2) is 5.83. The Hall–Kier alpha value is -0.610. The normalized spacial score (nSPS) is 31.6. The summed E-state index contributed by atoms with van der Waals surface area (Å²) < 4.78 is 0. The van der Waals surface area contributed by atoms with E-state index in [1.807, 2.05) is 0 Å². The average molecular weight is 239 g/mol. The minimum Gasteiger partial charge on any atom is -0.354 e. The molecule has 0 aromatic carbocycles. The summed E-state index contributed by atoms with van der Waals surface area (Å²) in [6.07, 6.45) is 2.61. The van der Waals surface area contributed by atoms with Gasteiger partial charge in [0.15, 0.2) is 0 Å². The van der Waals surface area contributed by atoms with E-state index in [2.05, 4.69) is 29.4 Å². The lowest BCUT2D eigenvalue weighted by atomic mass is 9.97. The number of nitrogens with one attached hydrogen (secondary N) is 2. The fourth-order valence-corrected chi connectivity index (χ4v) is 2.85. The van der Waals surface area contributed by atoms with Crippen molar-refractivity contribution in [3.05, 3.63) is 0 Å². The zero-order valence-electron chi connectivity index (χ0n) is 11.0. The van der Waals surface area contributed by atoms with Gasteiger partial charge in [0.1, 0.15) is 0 Å². The third-order valence-corrected chi connectivity index (χ3v) is 4.19. The summed E-state index contributed by atoms with van der Waals surface area (Å²) in [4.78, 5) is 14.5. The zero-order chi connectivity index (χ0) is 12.3. The van der Waals surface area contributed by atoms with Crippen molar-refractivity contribution in [2.24, 2.45) is 11.8 Å². The Balaban J connectivity index is 1.71. The molecule has 0 aromatic heterocycles. The van der Waals surface area contributed by atoms with E-state index in [4.69, 9.17) is 0 Å². The third kappa shape index (κ3) is 3.19. The molecule has 0 aliphatic carbocycles. The minimum atomic E-state index is 0.167. The number of rotatable bonds is 4. The Bertz CT molecular complexity index is 263. The van der Waals surface area contributed by atoms with Crippen LogP contribution >= 0.6 is 0 Å². The Labute approximate surface area is 104 Å². The maximum absolute atomic E-state index is 12.0. The van der Waals surface area contributed by atoms with Crippen molar-refractivity contribution in [2.45, 2.75) is 32.7 Å². The molecule has 0 spiro atoms. The Morgan fingerprint density at radius 1 is 1.41 bits per heavy atom. The van der Waals surface area contributed by atoms with Gasteiger partial charge in [-0.05, 0) is 45.3 Å². The number of hydrogen-bond donors (Lipinski definition) is 2. The maximum Gasteiger partial charge on any atom is 0.224 e. The number of amides is 1. The lowest BCUT2D eigenvalue weighted by Crippen LogP contribution is -2.43. The van der Waals surface area contributed by atoms with Gasteiger partial charge in [0.05, 0.1) is 5.92 Å². The molecule has 17 heavy (non-hydrogen) atoms. The summed E-state index contributed by atoms with van der Waals surface area (Å²) >= 11 is 0. The summed E-state index contributed by atoms with van der Waals surface area (Å²) in [7, 11) is 0. The minimum absolute atomic E-state index is 0.167. The molecule has 0 saturated carbocycles. The molecule has 2 rings (SSSR count). The Kier molecular flexibility index (Phi) is 4.40. The molecule has 0 bridgehead atoms.